The van der Waals surface area contributed by atoms with Gasteiger partial charge in [0.1, 0.15) is 11.3 Å². The Morgan fingerprint density at radius 2 is 2.25 bits per heavy atom. The van der Waals surface area contributed by atoms with Crippen molar-refractivity contribution in [1.82, 2.24) is 10.3 Å². The Hall–Kier alpha value is -2.28. The zero-order valence-corrected chi connectivity index (χ0v) is 17.3. The van der Waals surface area contributed by atoms with Crippen LogP contribution in [0.2, 0.25) is 0 Å². The second-order valence-corrected chi connectivity index (χ2v) is 8.06. The van der Waals surface area contributed by atoms with Gasteiger partial charge in [0.2, 0.25) is 5.91 Å². The van der Waals surface area contributed by atoms with E-state index in [9.17, 15) is 4.79 Å². The first-order valence-corrected chi connectivity index (χ1v) is 9.98. The Labute approximate surface area is 166 Å². The van der Waals surface area contributed by atoms with Crippen LogP contribution in [0.3, 0.4) is 0 Å². The molecule has 2 heterocycles. The lowest BCUT2D eigenvalue weighted by molar-refractivity contribution is -0.124. The summed E-state index contributed by atoms with van der Waals surface area (Å²) in [7, 11) is 1.64. The molecule has 1 saturated heterocycles. The molecule has 3 rings (SSSR count). The second-order valence-electron chi connectivity index (χ2n) is 8.06. The van der Waals surface area contributed by atoms with E-state index in [0.717, 1.165) is 42.8 Å². The number of carbonyl (C=O) groups excluding carboxylic acids is 1. The number of anilines is 1. The Balaban J connectivity index is 1.60. The monoisotopic (exact) mass is 389 g/mol. The molecule has 1 aliphatic rings. The predicted octanol–water partition coefficient (Wildman–Crippen LogP) is 3.37. The maximum absolute atomic E-state index is 12.5. The lowest BCUT2D eigenvalue weighted by atomic mass is 9.94. The Kier molecular flexibility index (Phi) is 6.44. The molecule has 0 spiro atoms. The van der Waals surface area contributed by atoms with Crippen LogP contribution >= 0.6 is 0 Å². The lowest BCUT2D eigenvalue weighted by Crippen LogP contribution is -2.48. The minimum absolute atomic E-state index is 0.0684. The number of amides is 1. The summed E-state index contributed by atoms with van der Waals surface area (Å²) in [6, 6.07) is 6.23. The van der Waals surface area contributed by atoms with Gasteiger partial charge in [0.25, 0.3) is 6.01 Å². The number of hydrogen-bond acceptors (Lipinski definition) is 6. The normalized spacial score (nSPS) is 17.7. The molecule has 1 aromatic heterocycles. The highest BCUT2D eigenvalue weighted by molar-refractivity contribution is 5.77. The molecule has 0 aliphatic carbocycles. The van der Waals surface area contributed by atoms with Crippen molar-refractivity contribution in [3.05, 3.63) is 18.2 Å². The van der Waals surface area contributed by atoms with E-state index in [1.807, 2.05) is 39.0 Å². The average molecular weight is 389 g/mol. The van der Waals surface area contributed by atoms with Crippen LogP contribution in [0, 0.1) is 5.92 Å². The highest BCUT2D eigenvalue weighted by Crippen LogP contribution is 2.29. The first-order chi connectivity index (χ1) is 13.4. The molecule has 2 aromatic rings. The number of piperidine rings is 1. The van der Waals surface area contributed by atoms with Crippen LogP contribution < -0.4 is 15.0 Å². The number of carbonyl (C=O) groups is 1. The smallest absolute Gasteiger partial charge is 0.298 e. The molecule has 7 nitrogen and oxygen atoms in total. The van der Waals surface area contributed by atoms with Crippen LogP contribution in [0.15, 0.2) is 22.6 Å². The summed E-state index contributed by atoms with van der Waals surface area (Å²) in [6.07, 6.45) is 2.55. The summed E-state index contributed by atoms with van der Waals surface area (Å²) in [5.41, 5.74) is 1.17. The summed E-state index contributed by atoms with van der Waals surface area (Å²) in [5.74, 6) is 1.11. The van der Waals surface area contributed by atoms with Crippen molar-refractivity contribution in [2.24, 2.45) is 5.92 Å². The summed E-state index contributed by atoms with van der Waals surface area (Å²) in [6.45, 7) is 8.74. The molecule has 154 valence electrons. The average Bonchev–Trinajstić information content (AvgIpc) is 3.09. The number of rotatable bonds is 8. The van der Waals surface area contributed by atoms with Crippen LogP contribution in [-0.4, -0.2) is 49.8 Å². The quantitative estimate of drug-likeness (QED) is 0.746. The number of ether oxygens (including phenoxy) is 2. The molecule has 1 N–H and O–H groups in total. The summed E-state index contributed by atoms with van der Waals surface area (Å²) >= 11 is 0. The number of nitrogens with zero attached hydrogens (tertiary/aromatic N) is 2. The number of benzene rings is 1. The molecule has 1 aliphatic heterocycles. The Bertz CT molecular complexity index is 802. The molecule has 1 amide bonds. The minimum Gasteiger partial charge on any atom is -0.497 e. The topological polar surface area (TPSA) is 76.8 Å². The number of hydrogen-bond donors (Lipinski definition) is 1. The summed E-state index contributed by atoms with van der Waals surface area (Å²) < 4.78 is 16.6. The van der Waals surface area contributed by atoms with Gasteiger partial charge in [-0.1, -0.05) is 0 Å². The Morgan fingerprint density at radius 3 is 3.00 bits per heavy atom. The zero-order chi connectivity index (χ0) is 20.1. The van der Waals surface area contributed by atoms with E-state index >= 15 is 0 Å². The van der Waals surface area contributed by atoms with Crippen LogP contribution in [0.5, 0.6) is 5.75 Å². The van der Waals surface area contributed by atoms with Crippen LogP contribution in [0.4, 0.5) is 6.01 Å². The van der Waals surface area contributed by atoms with E-state index in [-0.39, 0.29) is 17.4 Å². The molecule has 0 saturated carbocycles. The number of fused-ring (bicyclic) bond motifs is 1. The molecular weight excluding hydrogens is 358 g/mol. The summed E-state index contributed by atoms with van der Waals surface area (Å²) in [5, 5.41) is 3.09. The fraction of sp³-hybridized carbons (Fsp3) is 0.619. The van der Waals surface area contributed by atoms with Gasteiger partial charge in [-0.05, 0) is 51.7 Å². The van der Waals surface area contributed by atoms with Gasteiger partial charge in [0.05, 0.1) is 19.3 Å². The second kappa shape index (κ2) is 8.82. The van der Waals surface area contributed by atoms with Crippen LogP contribution in [0.25, 0.3) is 11.1 Å². The van der Waals surface area contributed by atoms with Crippen molar-refractivity contribution < 1.29 is 18.7 Å². The van der Waals surface area contributed by atoms with Gasteiger partial charge < -0.3 is 24.1 Å². The number of oxazole rings is 1. The largest absolute Gasteiger partial charge is 0.497 e. The van der Waals surface area contributed by atoms with Gasteiger partial charge in [-0.15, -0.1) is 0 Å². The van der Waals surface area contributed by atoms with Gasteiger partial charge in [-0.25, -0.2) is 0 Å². The highest BCUT2D eigenvalue weighted by atomic mass is 16.5. The van der Waals surface area contributed by atoms with E-state index < -0.39 is 0 Å². The van der Waals surface area contributed by atoms with Crippen molar-refractivity contribution in [3.8, 4) is 5.75 Å². The number of aromatic nitrogens is 1. The molecule has 7 heteroatoms. The lowest BCUT2D eigenvalue weighted by Gasteiger charge is -2.32. The SMILES string of the molecule is CCOCC(C)(C)NC(=O)CC1CCCN(c2nc3cc(OC)ccc3o2)C1. The predicted molar refractivity (Wildman–Crippen MR) is 109 cm³/mol. The van der Waals surface area contributed by atoms with Crippen LogP contribution in [-0.2, 0) is 9.53 Å². The van der Waals surface area contributed by atoms with E-state index in [2.05, 4.69) is 15.2 Å². The van der Waals surface area contributed by atoms with E-state index in [1.54, 1.807) is 7.11 Å². The standard InChI is InChI=1S/C21H31N3O4/c1-5-27-14-21(2,3)23-19(25)11-15-7-6-10-24(13-15)20-22-17-12-16(26-4)8-9-18(17)28-20/h8-9,12,15H,5-7,10-11,13-14H2,1-4H3,(H,23,25). The van der Waals surface area contributed by atoms with Gasteiger partial charge in [0.15, 0.2) is 5.58 Å². The van der Waals surface area contributed by atoms with E-state index in [1.165, 1.54) is 0 Å². The molecule has 28 heavy (non-hydrogen) atoms. The number of nitrogens with one attached hydrogen (secondary N) is 1. The molecule has 1 fully saturated rings. The third-order valence-electron chi connectivity index (χ3n) is 4.99. The third-order valence-corrected chi connectivity index (χ3v) is 4.99. The zero-order valence-electron chi connectivity index (χ0n) is 17.3. The van der Waals surface area contributed by atoms with Crippen molar-refractivity contribution in [3.63, 3.8) is 0 Å². The fourth-order valence-corrected chi connectivity index (χ4v) is 3.65. The van der Waals surface area contributed by atoms with E-state index in [0.29, 0.717) is 25.6 Å². The molecular formula is C21H31N3O4. The minimum atomic E-state index is -0.360. The molecule has 0 bridgehead atoms. The van der Waals surface area contributed by atoms with Crippen LogP contribution in [0.1, 0.15) is 40.0 Å². The van der Waals surface area contributed by atoms with Crippen molar-refractivity contribution in [2.75, 3.05) is 38.3 Å². The maximum atomic E-state index is 12.5. The molecule has 0 radical (unpaired) electrons. The molecule has 1 unspecified atom stereocenters. The van der Waals surface area contributed by atoms with Gasteiger partial charge in [-0.2, -0.15) is 4.98 Å². The summed E-state index contributed by atoms with van der Waals surface area (Å²) in [4.78, 5) is 19.3. The van der Waals surface area contributed by atoms with Gasteiger partial charge in [-0.3, -0.25) is 4.79 Å². The Morgan fingerprint density at radius 1 is 1.43 bits per heavy atom. The van der Waals surface area contributed by atoms with E-state index in [4.69, 9.17) is 13.9 Å². The molecule has 1 aromatic carbocycles. The van der Waals surface area contributed by atoms with Crippen molar-refractivity contribution in [1.29, 1.82) is 0 Å². The molecule has 1 atom stereocenters. The first-order valence-electron chi connectivity index (χ1n) is 9.98. The third kappa shape index (κ3) is 5.16. The highest BCUT2D eigenvalue weighted by Gasteiger charge is 2.27. The maximum Gasteiger partial charge on any atom is 0.298 e. The van der Waals surface area contributed by atoms with Gasteiger partial charge >= 0.3 is 0 Å². The van der Waals surface area contributed by atoms with Gasteiger partial charge in [0, 0.05) is 32.2 Å². The van der Waals surface area contributed by atoms with Crippen molar-refractivity contribution >= 4 is 23.0 Å². The number of methoxy groups -OCH3 is 1. The fourth-order valence-electron chi connectivity index (χ4n) is 3.65. The first kappa shape index (κ1) is 20.5. The van der Waals surface area contributed by atoms with Crippen molar-refractivity contribution in [2.45, 2.75) is 45.6 Å².